The zero-order valence-corrected chi connectivity index (χ0v) is 91.7. The van der Waals surface area contributed by atoms with Crippen molar-refractivity contribution in [3.05, 3.63) is 85.0 Å². The Kier molecular flexibility index (Phi) is 85.7. The molecule has 3 nitrogen and oxygen atoms in total. The second-order valence-electron chi connectivity index (χ2n) is 42.4. The zero-order valence-electron chi connectivity index (χ0n) is 90.8. The van der Waals surface area contributed by atoms with Crippen LogP contribution in [0.3, 0.4) is 0 Å². The molecular formula is C126H231O3P. The van der Waals surface area contributed by atoms with Gasteiger partial charge in [0.2, 0.25) is 0 Å². The molecule has 0 radical (unpaired) electrons. The molecule has 0 spiro atoms. The summed E-state index contributed by atoms with van der Waals surface area (Å²) in [4.78, 5) is 0. The minimum Gasteiger partial charge on any atom is -0.408 e. The number of hydrogen-bond acceptors (Lipinski definition) is 3. The molecule has 0 saturated carbocycles. The van der Waals surface area contributed by atoms with Crippen molar-refractivity contribution in [2.75, 3.05) is 0 Å². The molecule has 0 aliphatic carbocycles. The summed E-state index contributed by atoms with van der Waals surface area (Å²) in [6.07, 6.45) is 126. The fourth-order valence-electron chi connectivity index (χ4n) is 21.6. The highest BCUT2D eigenvalue weighted by Gasteiger charge is 2.32. The van der Waals surface area contributed by atoms with Gasteiger partial charge in [0.15, 0.2) is 0 Å². The van der Waals surface area contributed by atoms with E-state index in [0.29, 0.717) is 0 Å². The fourth-order valence-corrected chi connectivity index (χ4v) is 22.7. The summed E-state index contributed by atoms with van der Waals surface area (Å²) >= 11 is 0. The summed E-state index contributed by atoms with van der Waals surface area (Å²) in [6, 6.07) is 8.23. The number of rotatable bonds is 102. The molecule has 758 valence electrons. The second-order valence-corrected chi connectivity index (χ2v) is 43.4. The van der Waals surface area contributed by atoms with Crippen LogP contribution in [0.1, 0.15) is 689 Å². The molecule has 0 aliphatic heterocycles. The number of aryl methyl sites for hydroxylation is 3. The molecular weight excluding hydrogens is 1590 g/mol. The first kappa shape index (κ1) is 122. The Morgan fingerprint density at radius 1 is 0.123 bits per heavy atom. The minimum atomic E-state index is -2.04. The third kappa shape index (κ3) is 61.7. The van der Waals surface area contributed by atoms with Gasteiger partial charge in [-0.05, 0) is 239 Å². The standard InChI is InChI=1S/C126H231O3P/c1-13-25-37-49-61-73-85-97-112-109-124(121(106-94-82-70-58-46-34-22-10)118(103-91-79-67-55-43-31-19-7)115(112)100-88-76-64-52-40-28-16-4)127-130(128-125-110-113(98-86-74-62-50-38-26-14-2)116(101-89-77-65-53-41-29-17-5)119(104-92-80-68-56-44-32-20-8)122(125)107-95-83-71-59-47-35-23-11)129-126-111-114(99-87-75-63-51-39-27-15-3)117(102-90-78-66-54-42-30-18-6)120(105-93-81-69-57-45-33-21-9)123(126)108-96-84-72-60-48-36-24-12/h109-111H,13-108H2,1-12H3. The summed E-state index contributed by atoms with van der Waals surface area (Å²) in [5.41, 5.74) is 19.9. The number of unbranched alkanes of at least 4 members (excludes halogenated alkanes) is 72. The fraction of sp³-hybridized carbons (Fsp3) is 0.857. The van der Waals surface area contributed by atoms with Crippen LogP contribution in [0.4, 0.5) is 0 Å². The predicted molar refractivity (Wildman–Crippen MR) is 588 cm³/mol. The van der Waals surface area contributed by atoms with E-state index in [1.807, 2.05) is 0 Å². The maximum absolute atomic E-state index is 8.66. The van der Waals surface area contributed by atoms with Crippen molar-refractivity contribution < 1.29 is 13.6 Å². The first-order chi connectivity index (χ1) is 64.3. The van der Waals surface area contributed by atoms with Gasteiger partial charge in [0, 0.05) is 0 Å². The summed E-state index contributed by atoms with van der Waals surface area (Å²) < 4.78 is 26.0. The summed E-state index contributed by atoms with van der Waals surface area (Å²) in [5, 5.41) is 0. The van der Waals surface area contributed by atoms with Gasteiger partial charge in [0.1, 0.15) is 17.2 Å². The molecule has 0 N–H and O–H groups in total. The highest BCUT2D eigenvalue weighted by Crippen LogP contribution is 2.51. The summed E-state index contributed by atoms with van der Waals surface area (Å²) in [5.74, 6) is 3.47. The normalized spacial score (nSPS) is 11.8. The summed E-state index contributed by atoms with van der Waals surface area (Å²) in [6.45, 7) is 28.7. The van der Waals surface area contributed by atoms with Crippen molar-refractivity contribution in [1.29, 1.82) is 0 Å². The third-order valence-electron chi connectivity index (χ3n) is 30.1. The van der Waals surface area contributed by atoms with Gasteiger partial charge in [-0.3, -0.25) is 0 Å². The Balaban J connectivity index is 2.94. The van der Waals surface area contributed by atoms with E-state index in [1.165, 1.54) is 578 Å². The Morgan fingerprint density at radius 2 is 0.231 bits per heavy atom. The molecule has 130 heavy (non-hydrogen) atoms. The average molecular weight is 1830 g/mol. The van der Waals surface area contributed by atoms with Crippen molar-refractivity contribution in [2.24, 2.45) is 0 Å². The number of hydrogen-bond donors (Lipinski definition) is 0. The lowest BCUT2D eigenvalue weighted by Crippen LogP contribution is -2.14. The van der Waals surface area contributed by atoms with Crippen molar-refractivity contribution in [2.45, 2.75) is 699 Å². The lowest BCUT2D eigenvalue weighted by Gasteiger charge is -2.29. The highest BCUT2D eigenvalue weighted by molar-refractivity contribution is 7.43. The molecule has 0 saturated heterocycles. The minimum absolute atomic E-state index is 1.09. The topological polar surface area (TPSA) is 27.7 Å². The van der Waals surface area contributed by atoms with Crippen LogP contribution in [-0.4, -0.2) is 0 Å². The average Bonchev–Trinajstić information content (AvgIpc) is 0.777. The summed E-state index contributed by atoms with van der Waals surface area (Å²) in [7, 11) is -2.04. The lowest BCUT2D eigenvalue weighted by molar-refractivity contribution is 0.380. The van der Waals surface area contributed by atoms with Gasteiger partial charge in [0.05, 0.1) is 0 Å². The highest BCUT2D eigenvalue weighted by atomic mass is 31.2. The van der Waals surface area contributed by atoms with Crippen LogP contribution in [0.5, 0.6) is 17.2 Å². The van der Waals surface area contributed by atoms with Crippen molar-refractivity contribution >= 4 is 8.60 Å². The van der Waals surface area contributed by atoms with E-state index in [-0.39, 0.29) is 0 Å². The Labute approximate surface area is 818 Å². The van der Waals surface area contributed by atoms with Gasteiger partial charge in [-0.2, -0.15) is 0 Å². The molecule has 3 rings (SSSR count). The Bertz CT molecular complexity index is 2610. The Hall–Kier alpha value is -2.51. The zero-order chi connectivity index (χ0) is 93.4. The van der Waals surface area contributed by atoms with E-state index >= 15 is 0 Å². The van der Waals surface area contributed by atoms with Crippen LogP contribution >= 0.6 is 8.60 Å². The van der Waals surface area contributed by atoms with Crippen LogP contribution in [0.25, 0.3) is 0 Å². The first-order valence-electron chi connectivity index (χ1n) is 60.6. The molecule has 4 heteroatoms. The van der Waals surface area contributed by atoms with Crippen LogP contribution in [0.2, 0.25) is 0 Å². The molecule has 0 bridgehead atoms. The van der Waals surface area contributed by atoms with Crippen LogP contribution in [0, 0.1) is 0 Å². The van der Waals surface area contributed by atoms with Crippen molar-refractivity contribution in [1.82, 2.24) is 0 Å². The van der Waals surface area contributed by atoms with E-state index in [2.05, 4.69) is 101 Å². The molecule has 0 unspecified atom stereocenters. The maximum atomic E-state index is 8.66. The van der Waals surface area contributed by atoms with Gasteiger partial charge < -0.3 is 13.6 Å². The van der Waals surface area contributed by atoms with Gasteiger partial charge in [-0.25, -0.2) is 0 Å². The molecule has 0 aromatic heterocycles. The molecule has 0 heterocycles. The van der Waals surface area contributed by atoms with E-state index in [0.717, 1.165) is 55.8 Å². The number of benzene rings is 3. The molecule has 3 aromatic carbocycles. The SMILES string of the molecule is CCCCCCCCCc1cc(OP(Oc2cc(CCCCCCCCC)c(CCCCCCCCC)c(CCCCCCCCC)c2CCCCCCCCC)Oc2cc(CCCCCCCCC)c(CCCCCCCCC)c(CCCCCCCCC)c2CCCCCCCCC)c(CCCCCCCCC)c(CCCCCCCCC)c1CCCCCCCCC. The van der Waals surface area contributed by atoms with Gasteiger partial charge in [-0.1, -0.05) is 545 Å². The predicted octanol–water partition coefficient (Wildman–Crippen LogP) is 45.0. The maximum Gasteiger partial charge on any atom is 0.530 e. The molecule has 0 aliphatic rings. The van der Waals surface area contributed by atoms with E-state index in [1.54, 1.807) is 66.8 Å². The second kappa shape index (κ2) is 91.6. The molecule has 0 atom stereocenters. The van der Waals surface area contributed by atoms with E-state index in [9.17, 15) is 0 Å². The van der Waals surface area contributed by atoms with E-state index < -0.39 is 8.60 Å². The van der Waals surface area contributed by atoms with Crippen molar-refractivity contribution in [3.63, 3.8) is 0 Å². The van der Waals surface area contributed by atoms with Gasteiger partial charge in [0.25, 0.3) is 0 Å². The van der Waals surface area contributed by atoms with Crippen LogP contribution < -0.4 is 13.6 Å². The van der Waals surface area contributed by atoms with Crippen LogP contribution in [-0.2, 0) is 77.0 Å². The van der Waals surface area contributed by atoms with Gasteiger partial charge >= 0.3 is 8.60 Å². The molecule has 0 fully saturated rings. The molecule has 3 aromatic rings. The smallest absolute Gasteiger partial charge is 0.408 e. The lowest BCUT2D eigenvalue weighted by atomic mass is 9.85. The third-order valence-corrected chi connectivity index (χ3v) is 31.1. The quantitative estimate of drug-likeness (QED) is 0.0416. The monoisotopic (exact) mass is 1820 g/mol. The molecule has 0 amide bonds. The van der Waals surface area contributed by atoms with Crippen molar-refractivity contribution in [3.8, 4) is 17.2 Å². The van der Waals surface area contributed by atoms with E-state index in [4.69, 9.17) is 13.6 Å². The van der Waals surface area contributed by atoms with Gasteiger partial charge in [-0.15, -0.1) is 0 Å². The first-order valence-corrected chi connectivity index (χ1v) is 61.7. The Morgan fingerprint density at radius 3 is 0.369 bits per heavy atom. The van der Waals surface area contributed by atoms with Crippen LogP contribution in [0.15, 0.2) is 18.2 Å². The largest absolute Gasteiger partial charge is 0.530 e.